The van der Waals surface area contributed by atoms with Gasteiger partial charge in [-0.05, 0) is 43.0 Å². The van der Waals surface area contributed by atoms with Crippen LogP contribution in [0.25, 0.3) is 0 Å². The van der Waals surface area contributed by atoms with Crippen molar-refractivity contribution in [2.45, 2.75) is 28.9 Å². The summed E-state index contributed by atoms with van der Waals surface area (Å²) in [5.74, 6) is -2.85. The van der Waals surface area contributed by atoms with Crippen molar-refractivity contribution in [3.8, 4) is 0 Å². The van der Waals surface area contributed by atoms with E-state index in [0.29, 0.717) is 18.2 Å². The molecule has 106 valence electrons. The fourth-order valence-corrected chi connectivity index (χ4v) is 2.76. The number of rotatable bonds is 6. The lowest BCUT2D eigenvalue weighted by molar-refractivity contribution is 0.234. The van der Waals surface area contributed by atoms with Crippen LogP contribution >= 0.6 is 11.6 Å². The molecule has 1 N–H and O–H groups in total. The van der Waals surface area contributed by atoms with Crippen LogP contribution in [0.5, 0.6) is 0 Å². The van der Waals surface area contributed by atoms with Crippen LogP contribution in [-0.4, -0.2) is 26.1 Å². The molecular weight excluding hydrogens is 296 g/mol. The Morgan fingerprint density at radius 2 is 1.84 bits per heavy atom. The zero-order valence-electron chi connectivity index (χ0n) is 10.0. The second-order valence-electron chi connectivity index (χ2n) is 4.56. The van der Waals surface area contributed by atoms with Gasteiger partial charge in [-0.2, -0.15) is 8.78 Å². The molecular formula is C12H14ClF2NO2S. The first-order valence-electron chi connectivity index (χ1n) is 5.91. The van der Waals surface area contributed by atoms with Crippen molar-refractivity contribution < 1.29 is 17.2 Å². The molecule has 2 rings (SSSR count). The second-order valence-corrected chi connectivity index (χ2v) is 7.04. The molecule has 3 nitrogen and oxygen atoms in total. The van der Waals surface area contributed by atoms with E-state index in [2.05, 4.69) is 5.32 Å². The molecule has 0 heterocycles. The molecule has 0 aromatic heterocycles. The van der Waals surface area contributed by atoms with Gasteiger partial charge in [0.25, 0.3) is 0 Å². The third-order valence-electron chi connectivity index (χ3n) is 3.05. The van der Waals surface area contributed by atoms with Gasteiger partial charge in [-0.25, -0.2) is 8.42 Å². The van der Waals surface area contributed by atoms with Crippen LogP contribution in [0.1, 0.15) is 12.8 Å². The average molecular weight is 310 g/mol. The van der Waals surface area contributed by atoms with E-state index in [1.54, 1.807) is 0 Å². The third-order valence-corrected chi connectivity index (χ3v) is 4.96. The fraction of sp³-hybridized carbons (Fsp3) is 0.500. The molecule has 1 aliphatic rings. The van der Waals surface area contributed by atoms with Gasteiger partial charge in [0, 0.05) is 12.2 Å². The van der Waals surface area contributed by atoms with Crippen molar-refractivity contribution in [2.75, 3.05) is 11.9 Å². The molecule has 1 aromatic carbocycles. The standard InChI is InChI=1S/C12H14ClF2NO2S/c13-11(8-1-2-8)7-16-9-3-5-10(6-4-9)19(17,18)12(14)15/h3-6,8,11-12,16H,1-2,7H2. The summed E-state index contributed by atoms with van der Waals surface area (Å²) in [4.78, 5) is -0.377. The zero-order chi connectivity index (χ0) is 14.0. The lowest BCUT2D eigenvalue weighted by Gasteiger charge is -2.11. The lowest BCUT2D eigenvalue weighted by atomic mass is 10.2. The number of hydrogen-bond acceptors (Lipinski definition) is 3. The molecule has 19 heavy (non-hydrogen) atoms. The summed E-state index contributed by atoms with van der Waals surface area (Å²) in [6, 6.07) is 5.27. The summed E-state index contributed by atoms with van der Waals surface area (Å²) < 4.78 is 47.1. The maximum atomic E-state index is 12.3. The maximum absolute atomic E-state index is 12.3. The second kappa shape index (κ2) is 5.63. The van der Waals surface area contributed by atoms with Crippen LogP contribution < -0.4 is 5.32 Å². The minimum Gasteiger partial charge on any atom is -0.384 e. The number of hydrogen-bond donors (Lipinski definition) is 1. The van der Waals surface area contributed by atoms with Gasteiger partial charge in [-0.15, -0.1) is 11.6 Å². The van der Waals surface area contributed by atoms with E-state index in [1.807, 2.05) is 0 Å². The van der Waals surface area contributed by atoms with Crippen molar-refractivity contribution in [3.05, 3.63) is 24.3 Å². The first-order chi connectivity index (χ1) is 8.91. The molecule has 1 saturated carbocycles. The van der Waals surface area contributed by atoms with E-state index in [1.165, 1.54) is 24.3 Å². The van der Waals surface area contributed by atoms with Gasteiger partial charge in [-0.1, -0.05) is 0 Å². The lowest BCUT2D eigenvalue weighted by Crippen LogP contribution is -2.16. The molecule has 0 spiro atoms. The van der Waals surface area contributed by atoms with Crippen molar-refractivity contribution in [2.24, 2.45) is 5.92 Å². The van der Waals surface area contributed by atoms with E-state index < -0.39 is 15.6 Å². The van der Waals surface area contributed by atoms with Gasteiger partial charge >= 0.3 is 5.76 Å². The minimum absolute atomic E-state index is 0.0458. The number of alkyl halides is 3. The van der Waals surface area contributed by atoms with Crippen LogP contribution in [0.2, 0.25) is 0 Å². The van der Waals surface area contributed by atoms with E-state index in [9.17, 15) is 17.2 Å². The van der Waals surface area contributed by atoms with E-state index >= 15 is 0 Å². The fourth-order valence-electron chi connectivity index (χ4n) is 1.71. The number of anilines is 1. The Morgan fingerprint density at radius 1 is 1.26 bits per heavy atom. The predicted octanol–water partition coefficient (Wildman–Crippen LogP) is 3.11. The summed E-state index contributed by atoms with van der Waals surface area (Å²) in [7, 11) is -4.52. The van der Waals surface area contributed by atoms with Gasteiger partial charge in [-0.3, -0.25) is 0 Å². The normalized spacial score (nSPS) is 17.5. The van der Waals surface area contributed by atoms with Crippen molar-refractivity contribution in [3.63, 3.8) is 0 Å². The summed E-state index contributed by atoms with van der Waals surface area (Å²) in [5.41, 5.74) is 0.666. The number of benzene rings is 1. The van der Waals surface area contributed by atoms with Gasteiger partial charge in [0.1, 0.15) is 0 Å². The molecule has 1 atom stereocenters. The smallest absolute Gasteiger partial charge is 0.341 e. The largest absolute Gasteiger partial charge is 0.384 e. The van der Waals surface area contributed by atoms with Gasteiger partial charge in [0.15, 0.2) is 0 Å². The SMILES string of the molecule is O=S(=O)(c1ccc(NCC(Cl)C2CC2)cc1)C(F)F. The highest BCUT2D eigenvalue weighted by molar-refractivity contribution is 7.91. The summed E-state index contributed by atoms with van der Waals surface area (Å²) in [6.07, 6.45) is 2.28. The average Bonchev–Trinajstić information content (AvgIpc) is 3.20. The molecule has 0 amide bonds. The Kier molecular flexibility index (Phi) is 4.30. The Labute approximate surface area is 115 Å². The van der Waals surface area contributed by atoms with Crippen LogP contribution in [0, 0.1) is 5.92 Å². The monoisotopic (exact) mass is 309 g/mol. The first kappa shape index (κ1) is 14.5. The molecule has 0 radical (unpaired) electrons. The van der Waals surface area contributed by atoms with Crippen LogP contribution in [0.4, 0.5) is 14.5 Å². The van der Waals surface area contributed by atoms with E-state index in [-0.39, 0.29) is 10.3 Å². The van der Waals surface area contributed by atoms with E-state index in [4.69, 9.17) is 11.6 Å². The van der Waals surface area contributed by atoms with Gasteiger partial charge in [0.2, 0.25) is 9.84 Å². The maximum Gasteiger partial charge on any atom is 0.341 e. The predicted molar refractivity (Wildman–Crippen MR) is 70.5 cm³/mol. The Balaban J connectivity index is 1.98. The number of halogens is 3. The molecule has 1 aliphatic carbocycles. The van der Waals surface area contributed by atoms with Gasteiger partial charge in [0.05, 0.1) is 10.3 Å². The molecule has 1 unspecified atom stereocenters. The molecule has 7 heteroatoms. The van der Waals surface area contributed by atoms with Gasteiger partial charge < -0.3 is 5.32 Å². The quantitative estimate of drug-likeness (QED) is 0.821. The Morgan fingerprint density at radius 3 is 2.32 bits per heavy atom. The highest BCUT2D eigenvalue weighted by atomic mass is 35.5. The summed E-state index contributed by atoms with van der Waals surface area (Å²) in [5, 5.41) is 3.11. The Bertz CT molecular complexity index is 529. The molecule has 1 fully saturated rings. The minimum atomic E-state index is -4.52. The van der Waals surface area contributed by atoms with Crippen molar-refractivity contribution >= 4 is 27.1 Å². The van der Waals surface area contributed by atoms with Crippen LogP contribution in [-0.2, 0) is 9.84 Å². The zero-order valence-corrected chi connectivity index (χ0v) is 11.6. The highest BCUT2D eigenvalue weighted by Gasteiger charge is 2.29. The molecule has 0 bridgehead atoms. The third kappa shape index (κ3) is 3.57. The van der Waals surface area contributed by atoms with E-state index in [0.717, 1.165) is 12.8 Å². The highest BCUT2D eigenvalue weighted by Crippen LogP contribution is 2.35. The Hall–Kier alpha value is -0.880. The first-order valence-corrected chi connectivity index (χ1v) is 7.89. The number of nitrogens with one attached hydrogen (secondary N) is 1. The van der Waals surface area contributed by atoms with Crippen LogP contribution in [0.3, 0.4) is 0 Å². The molecule has 0 aliphatic heterocycles. The van der Waals surface area contributed by atoms with Crippen LogP contribution in [0.15, 0.2) is 29.2 Å². The van der Waals surface area contributed by atoms with Crippen molar-refractivity contribution in [1.82, 2.24) is 0 Å². The van der Waals surface area contributed by atoms with Crippen molar-refractivity contribution in [1.29, 1.82) is 0 Å². The summed E-state index contributed by atoms with van der Waals surface area (Å²) in [6.45, 7) is 0.577. The number of sulfone groups is 1. The summed E-state index contributed by atoms with van der Waals surface area (Å²) >= 11 is 6.12. The topological polar surface area (TPSA) is 46.2 Å². The molecule has 1 aromatic rings. The molecule has 0 saturated heterocycles.